The molecule has 0 saturated heterocycles. The zero-order chi connectivity index (χ0) is 14.9. The number of benzene rings is 1. The van der Waals surface area contributed by atoms with Crippen molar-refractivity contribution in [1.29, 1.82) is 0 Å². The van der Waals surface area contributed by atoms with Gasteiger partial charge in [-0.2, -0.15) is 0 Å². The highest BCUT2D eigenvalue weighted by Gasteiger charge is 2.04. The molecule has 0 saturated carbocycles. The molecule has 1 amide bonds. The number of ether oxygens (including phenoxy) is 1. The van der Waals surface area contributed by atoms with Crippen molar-refractivity contribution in [2.45, 2.75) is 19.3 Å². The third-order valence-electron chi connectivity index (χ3n) is 3.00. The first-order valence-electron chi connectivity index (χ1n) is 7.06. The lowest BCUT2D eigenvalue weighted by Crippen LogP contribution is -2.23. The Bertz CT molecular complexity index is 538. The van der Waals surface area contributed by atoms with Gasteiger partial charge in [-0.15, -0.1) is 11.3 Å². The molecule has 5 heteroatoms. The Balaban J connectivity index is 1.50. The normalized spacial score (nSPS) is 10.3. The average molecular weight is 304 g/mol. The predicted octanol–water partition coefficient (Wildman–Crippen LogP) is 3.31. The highest BCUT2D eigenvalue weighted by atomic mass is 32.1. The second-order valence-electron chi connectivity index (χ2n) is 4.71. The van der Waals surface area contributed by atoms with Crippen LogP contribution >= 0.6 is 11.3 Å². The first-order valence-corrected chi connectivity index (χ1v) is 7.94. The molecule has 0 aliphatic rings. The van der Waals surface area contributed by atoms with Crippen LogP contribution in [0.25, 0.3) is 0 Å². The molecule has 4 nitrogen and oxygen atoms in total. The summed E-state index contributed by atoms with van der Waals surface area (Å²) in [7, 11) is 0. The fourth-order valence-electron chi connectivity index (χ4n) is 1.85. The fraction of sp³-hybridized carbons (Fsp3) is 0.312. The van der Waals surface area contributed by atoms with E-state index in [1.807, 2.05) is 41.8 Å². The standard InChI is InChI=1S/C16H20N2O2S/c17-13-6-8-14(9-7-13)20-11-3-1-2-10-18-16(19)15-5-4-12-21-15/h4-9,12H,1-3,10-11,17H2,(H,18,19). The van der Waals surface area contributed by atoms with Crippen LogP contribution in [0.15, 0.2) is 41.8 Å². The molecule has 0 unspecified atom stereocenters. The van der Waals surface area contributed by atoms with Gasteiger partial charge >= 0.3 is 0 Å². The van der Waals surface area contributed by atoms with Crippen molar-refractivity contribution in [2.24, 2.45) is 0 Å². The summed E-state index contributed by atoms with van der Waals surface area (Å²) in [6.45, 7) is 1.39. The Morgan fingerprint density at radius 1 is 1.14 bits per heavy atom. The van der Waals surface area contributed by atoms with Gasteiger partial charge in [0.1, 0.15) is 5.75 Å². The van der Waals surface area contributed by atoms with Crippen molar-refractivity contribution in [3.05, 3.63) is 46.7 Å². The van der Waals surface area contributed by atoms with Crippen LogP contribution in [-0.2, 0) is 0 Å². The molecule has 0 spiro atoms. The van der Waals surface area contributed by atoms with Crippen LogP contribution < -0.4 is 15.8 Å². The van der Waals surface area contributed by atoms with Crippen molar-refractivity contribution < 1.29 is 9.53 Å². The first-order chi connectivity index (χ1) is 10.3. The number of amides is 1. The van der Waals surface area contributed by atoms with Gasteiger partial charge in [0.2, 0.25) is 0 Å². The Morgan fingerprint density at radius 3 is 2.67 bits per heavy atom. The molecule has 112 valence electrons. The lowest BCUT2D eigenvalue weighted by atomic mass is 10.2. The van der Waals surface area contributed by atoms with Crippen molar-refractivity contribution in [2.75, 3.05) is 18.9 Å². The topological polar surface area (TPSA) is 64.3 Å². The summed E-state index contributed by atoms with van der Waals surface area (Å²) in [6.07, 6.45) is 2.96. The molecule has 0 fully saturated rings. The molecule has 1 aromatic heterocycles. The second-order valence-corrected chi connectivity index (χ2v) is 5.66. The Kier molecular flexibility index (Phi) is 6.09. The monoisotopic (exact) mass is 304 g/mol. The molecule has 1 heterocycles. The van der Waals surface area contributed by atoms with E-state index in [1.54, 1.807) is 0 Å². The van der Waals surface area contributed by atoms with Crippen molar-refractivity contribution in [3.63, 3.8) is 0 Å². The lowest BCUT2D eigenvalue weighted by Gasteiger charge is -2.07. The van der Waals surface area contributed by atoms with Crippen LogP contribution in [0.3, 0.4) is 0 Å². The highest BCUT2D eigenvalue weighted by molar-refractivity contribution is 7.12. The number of nitrogens with two attached hydrogens (primary N) is 1. The minimum absolute atomic E-state index is 0.0168. The summed E-state index contributed by atoms with van der Waals surface area (Å²) >= 11 is 1.46. The number of thiophene rings is 1. The minimum Gasteiger partial charge on any atom is -0.494 e. The Morgan fingerprint density at radius 2 is 1.95 bits per heavy atom. The zero-order valence-electron chi connectivity index (χ0n) is 11.9. The summed E-state index contributed by atoms with van der Waals surface area (Å²) in [5.74, 6) is 0.860. The van der Waals surface area contributed by atoms with E-state index in [0.29, 0.717) is 13.2 Å². The third-order valence-corrected chi connectivity index (χ3v) is 3.87. The Labute approximate surface area is 128 Å². The molecule has 0 atom stereocenters. The first kappa shape index (κ1) is 15.4. The van der Waals surface area contributed by atoms with Crippen LogP contribution in [0, 0.1) is 0 Å². The number of rotatable bonds is 8. The predicted molar refractivity (Wildman–Crippen MR) is 86.9 cm³/mol. The molecular formula is C16H20N2O2S. The maximum atomic E-state index is 11.7. The van der Waals surface area contributed by atoms with Gasteiger partial charge in [-0.1, -0.05) is 6.07 Å². The fourth-order valence-corrected chi connectivity index (χ4v) is 2.49. The van der Waals surface area contributed by atoms with Crippen molar-refractivity contribution in [3.8, 4) is 5.75 Å². The second kappa shape index (κ2) is 8.32. The third kappa shape index (κ3) is 5.47. The number of hydrogen-bond acceptors (Lipinski definition) is 4. The van der Waals surface area contributed by atoms with E-state index >= 15 is 0 Å². The van der Waals surface area contributed by atoms with Crippen LogP contribution in [0.4, 0.5) is 5.69 Å². The largest absolute Gasteiger partial charge is 0.494 e. The van der Waals surface area contributed by atoms with Crippen LogP contribution in [0.2, 0.25) is 0 Å². The van der Waals surface area contributed by atoms with E-state index in [1.165, 1.54) is 11.3 Å². The van der Waals surface area contributed by atoms with Gasteiger partial charge in [-0.05, 0) is 55.0 Å². The van der Waals surface area contributed by atoms with Gasteiger partial charge in [0.15, 0.2) is 0 Å². The van der Waals surface area contributed by atoms with Crippen LogP contribution in [0.1, 0.15) is 28.9 Å². The molecule has 1 aromatic carbocycles. The summed E-state index contributed by atoms with van der Waals surface area (Å²) in [6, 6.07) is 11.1. The number of hydrogen-bond donors (Lipinski definition) is 2. The van der Waals surface area contributed by atoms with E-state index in [-0.39, 0.29) is 5.91 Å². The molecule has 0 aliphatic heterocycles. The number of carbonyl (C=O) groups excluding carboxylic acids is 1. The zero-order valence-corrected chi connectivity index (χ0v) is 12.7. The van der Waals surface area contributed by atoms with E-state index < -0.39 is 0 Å². The van der Waals surface area contributed by atoms with Gasteiger partial charge in [-0.25, -0.2) is 0 Å². The number of unbranched alkanes of at least 4 members (excludes halogenated alkanes) is 2. The summed E-state index contributed by atoms with van der Waals surface area (Å²) in [5, 5.41) is 4.82. The molecular weight excluding hydrogens is 284 g/mol. The quantitative estimate of drug-likeness (QED) is 0.581. The van der Waals surface area contributed by atoms with Gasteiger partial charge in [0, 0.05) is 12.2 Å². The maximum absolute atomic E-state index is 11.7. The number of nitrogen functional groups attached to an aromatic ring is 1. The van der Waals surface area contributed by atoms with Crippen LogP contribution in [-0.4, -0.2) is 19.1 Å². The molecule has 0 bridgehead atoms. The van der Waals surface area contributed by atoms with E-state index in [2.05, 4.69) is 5.32 Å². The van der Waals surface area contributed by atoms with Crippen LogP contribution in [0.5, 0.6) is 5.75 Å². The van der Waals surface area contributed by atoms with E-state index in [9.17, 15) is 4.79 Å². The molecule has 21 heavy (non-hydrogen) atoms. The minimum atomic E-state index is 0.0168. The smallest absolute Gasteiger partial charge is 0.261 e. The average Bonchev–Trinajstić information content (AvgIpc) is 3.02. The van der Waals surface area contributed by atoms with E-state index in [0.717, 1.165) is 35.6 Å². The summed E-state index contributed by atoms with van der Waals surface area (Å²) in [4.78, 5) is 12.4. The number of carbonyl (C=O) groups is 1. The molecule has 0 radical (unpaired) electrons. The molecule has 3 N–H and O–H groups in total. The highest BCUT2D eigenvalue weighted by Crippen LogP contribution is 2.13. The number of nitrogens with one attached hydrogen (secondary N) is 1. The number of anilines is 1. The molecule has 2 aromatic rings. The van der Waals surface area contributed by atoms with Gasteiger partial charge in [0.05, 0.1) is 11.5 Å². The molecule has 2 rings (SSSR count). The van der Waals surface area contributed by atoms with Crippen molar-refractivity contribution >= 4 is 22.9 Å². The lowest BCUT2D eigenvalue weighted by molar-refractivity contribution is 0.0957. The summed E-state index contributed by atoms with van der Waals surface area (Å²) < 4.78 is 5.61. The molecule has 0 aliphatic carbocycles. The van der Waals surface area contributed by atoms with Gasteiger partial charge in [0.25, 0.3) is 5.91 Å². The Hall–Kier alpha value is -2.01. The maximum Gasteiger partial charge on any atom is 0.261 e. The van der Waals surface area contributed by atoms with Gasteiger partial charge < -0.3 is 15.8 Å². The van der Waals surface area contributed by atoms with Crippen molar-refractivity contribution in [1.82, 2.24) is 5.32 Å². The van der Waals surface area contributed by atoms with Gasteiger partial charge in [-0.3, -0.25) is 4.79 Å². The SMILES string of the molecule is Nc1ccc(OCCCCCNC(=O)c2cccs2)cc1. The summed E-state index contributed by atoms with van der Waals surface area (Å²) in [5.41, 5.74) is 6.35. The van der Waals surface area contributed by atoms with E-state index in [4.69, 9.17) is 10.5 Å².